The minimum Gasteiger partial charge on any atom is -0.454 e. The van der Waals surface area contributed by atoms with Crippen LogP contribution in [-0.4, -0.2) is 4.92 Å². The van der Waals surface area contributed by atoms with E-state index in [1.165, 1.54) is 36.4 Å². The Morgan fingerprint density at radius 1 is 1.21 bits per heavy atom. The van der Waals surface area contributed by atoms with Crippen molar-refractivity contribution in [2.45, 2.75) is 0 Å². The zero-order valence-corrected chi connectivity index (χ0v) is 11.1. The largest absolute Gasteiger partial charge is 0.454 e. The topological polar surface area (TPSA) is 78.4 Å². The van der Waals surface area contributed by atoms with E-state index in [1.807, 2.05) is 0 Å². The number of nitrogen functional groups attached to an aromatic ring is 1. The molecule has 19 heavy (non-hydrogen) atoms. The van der Waals surface area contributed by atoms with Crippen molar-refractivity contribution in [3.8, 4) is 11.5 Å². The van der Waals surface area contributed by atoms with E-state index in [-0.39, 0.29) is 17.1 Å². The Kier molecular flexibility index (Phi) is 3.66. The summed E-state index contributed by atoms with van der Waals surface area (Å²) < 4.78 is 18.8. The molecule has 0 aliphatic rings. The van der Waals surface area contributed by atoms with Crippen LogP contribution in [0.5, 0.6) is 11.5 Å². The summed E-state index contributed by atoms with van der Waals surface area (Å²) in [7, 11) is 0. The van der Waals surface area contributed by atoms with Gasteiger partial charge in [0.2, 0.25) is 0 Å². The van der Waals surface area contributed by atoms with Gasteiger partial charge in [-0.05, 0) is 40.2 Å². The molecule has 0 spiro atoms. The summed E-state index contributed by atoms with van der Waals surface area (Å²) in [5.74, 6) is 0.218. The van der Waals surface area contributed by atoms with E-state index < -0.39 is 10.7 Å². The molecule has 0 bridgehead atoms. The molecule has 0 aliphatic heterocycles. The molecular formula is C12H8BrFN2O3. The minimum atomic E-state index is -0.548. The third-order valence-corrected chi connectivity index (χ3v) is 2.94. The monoisotopic (exact) mass is 326 g/mol. The molecule has 0 atom stereocenters. The van der Waals surface area contributed by atoms with Crippen LogP contribution in [0.2, 0.25) is 0 Å². The molecule has 98 valence electrons. The van der Waals surface area contributed by atoms with Crippen LogP contribution >= 0.6 is 15.9 Å². The maximum Gasteiger partial charge on any atom is 0.271 e. The molecule has 2 aromatic rings. The first-order valence-corrected chi connectivity index (χ1v) is 5.93. The van der Waals surface area contributed by atoms with Crippen molar-refractivity contribution < 1.29 is 14.1 Å². The molecule has 2 N–H and O–H groups in total. The molecular weight excluding hydrogens is 319 g/mol. The van der Waals surface area contributed by atoms with Crippen molar-refractivity contribution >= 4 is 27.3 Å². The molecule has 0 heterocycles. The highest BCUT2D eigenvalue weighted by Gasteiger charge is 2.11. The van der Waals surface area contributed by atoms with Crippen LogP contribution < -0.4 is 10.5 Å². The Morgan fingerprint density at radius 3 is 2.47 bits per heavy atom. The van der Waals surface area contributed by atoms with Crippen LogP contribution in [0.1, 0.15) is 0 Å². The fourth-order valence-corrected chi connectivity index (χ4v) is 1.85. The van der Waals surface area contributed by atoms with Crippen LogP contribution in [0.3, 0.4) is 0 Å². The van der Waals surface area contributed by atoms with E-state index >= 15 is 0 Å². The summed E-state index contributed by atoms with van der Waals surface area (Å²) in [6, 6.07) is 7.79. The Hall–Kier alpha value is -2.15. The number of ether oxygens (including phenoxy) is 1. The highest BCUT2D eigenvalue weighted by Crippen LogP contribution is 2.34. The second kappa shape index (κ2) is 5.23. The van der Waals surface area contributed by atoms with Crippen molar-refractivity contribution in [2.75, 3.05) is 5.73 Å². The number of benzene rings is 2. The molecule has 2 rings (SSSR count). The Bertz CT molecular complexity index is 649. The molecule has 0 unspecified atom stereocenters. The molecule has 0 aromatic heterocycles. The average Bonchev–Trinajstić information content (AvgIpc) is 2.34. The Morgan fingerprint density at radius 2 is 1.89 bits per heavy atom. The number of hydrogen-bond acceptors (Lipinski definition) is 4. The number of hydrogen-bond donors (Lipinski definition) is 1. The zero-order valence-electron chi connectivity index (χ0n) is 9.47. The first-order valence-electron chi connectivity index (χ1n) is 5.14. The van der Waals surface area contributed by atoms with E-state index in [0.29, 0.717) is 10.2 Å². The van der Waals surface area contributed by atoms with Gasteiger partial charge >= 0.3 is 0 Å². The minimum absolute atomic E-state index is 0.122. The predicted molar refractivity (Wildman–Crippen MR) is 71.7 cm³/mol. The lowest BCUT2D eigenvalue weighted by molar-refractivity contribution is -0.384. The average molecular weight is 327 g/mol. The SMILES string of the molecule is Nc1cc([N+](=O)[O-])ccc1Oc1ccc(F)cc1Br. The zero-order chi connectivity index (χ0) is 14.0. The molecule has 0 fully saturated rings. The van der Waals surface area contributed by atoms with Crippen LogP contribution in [0, 0.1) is 15.9 Å². The number of anilines is 1. The number of nitrogens with zero attached hydrogens (tertiary/aromatic N) is 1. The number of nitrogens with two attached hydrogens (primary N) is 1. The van der Waals surface area contributed by atoms with Gasteiger partial charge in [-0.15, -0.1) is 0 Å². The van der Waals surface area contributed by atoms with Crippen molar-refractivity contribution in [2.24, 2.45) is 0 Å². The van der Waals surface area contributed by atoms with Gasteiger partial charge in [0.25, 0.3) is 5.69 Å². The normalized spacial score (nSPS) is 10.2. The lowest BCUT2D eigenvalue weighted by Crippen LogP contribution is -1.95. The number of nitro groups is 1. The Labute approximate surface area is 116 Å². The molecule has 0 saturated heterocycles. The van der Waals surface area contributed by atoms with Gasteiger partial charge in [-0.25, -0.2) is 4.39 Å². The summed E-state index contributed by atoms with van der Waals surface area (Å²) in [5, 5.41) is 10.6. The van der Waals surface area contributed by atoms with Gasteiger partial charge in [-0.2, -0.15) is 0 Å². The van der Waals surface area contributed by atoms with Crippen LogP contribution in [-0.2, 0) is 0 Å². The van der Waals surface area contributed by atoms with E-state index in [0.717, 1.165) is 0 Å². The standard InChI is InChI=1S/C12H8BrFN2O3/c13-9-5-7(14)1-3-11(9)19-12-4-2-8(16(17)18)6-10(12)15/h1-6H,15H2. The fourth-order valence-electron chi connectivity index (χ4n) is 1.42. The second-order valence-corrected chi connectivity index (χ2v) is 4.51. The van der Waals surface area contributed by atoms with Crippen molar-refractivity contribution in [1.82, 2.24) is 0 Å². The van der Waals surface area contributed by atoms with E-state index in [4.69, 9.17) is 10.5 Å². The summed E-state index contributed by atoms with van der Waals surface area (Å²) >= 11 is 3.15. The van der Waals surface area contributed by atoms with Crippen molar-refractivity contribution in [3.63, 3.8) is 0 Å². The molecule has 7 heteroatoms. The lowest BCUT2D eigenvalue weighted by atomic mass is 10.2. The molecule has 5 nitrogen and oxygen atoms in total. The number of rotatable bonds is 3. The van der Waals surface area contributed by atoms with E-state index in [1.54, 1.807) is 0 Å². The van der Waals surface area contributed by atoms with Gasteiger partial charge in [0.15, 0.2) is 5.75 Å². The van der Waals surface area contributed by atoms with E-state index in [9.17, 15) is 14.5 Å². The van der Waals surface area contributed by atoms with Crippen LogP contribution in [0.15, 0.2) is 40.9 Å². The molecule has 0 amide bonds. The quantitative estimate of drug-likeness (QED) is 0.527. The maximum atomic E-state index is 12.9. The summed E-state index contributed by atoms with van der Waals surface area (Å²) in [6.07, 6.45) is 0. The van der Waals surface area contributed by atoms with Crippen LogP contribution in [0.25, 0.3) is 0 Å². The predicted octanol–water partition coefficient (Wildman–Crippen LogP) is 3.87. The van der Waals surface area contributed by atoms with Gasteiger partial charge in [0.1, 0.15) is 11.6 Å². The lowest BCUT2D eigenvalue weighted by Gasteiger charge is -2.09. The second-order valence-electron chi connectivity index (χ2n) is 3.66. The van der Waals surface area contributed by atoms with Crippen LogP contribution in [0.4, 0.5) is 15.8 Å². The molecule has 2 aromatic carbocycles. The number of halogens is 2. The van der Waals surface area contributed by atoms with Gasteiger partial charge < -0.3 is 10.5 Å². The van der Waals surface area contributed by atoms with Crippen molar-refractivity contribution in [3.05, 3.63) is 56.8 Å². The highest BCUT2D eigenvalue weighted by molar-refractivity contribution is 9.10. The third-order valence-electron chi connectivity index (χ3n) is 2.32. The maximum absolute atomic E-state index is 12.9. The number of non-ortho nitro benzene ring substituents is 1. The third kappa shape index (κ3) is 3.00. The fraction of sp³-hybridized carbons (Fsp3) is 0. The number of nitro benzene ring substituents is 1. The van der Waals surface area contributed by atoms with E-state index in [2.05, 4.69) is 15.9 Å². The molecule has 0 radical (unpaired) electrons. The van der Waals surface area contributed by atoms with Gasteiger partial charge in [-0.1, -0.05) is 0 Å². The Balaban J connectivity index is 2.31. The van der Waals surface area contributed by atoms with Crippen molar-refractivity contribution in [1.29, 1.82) is 0 Å². The first kappa shape index (κ1) is 13.3. The van der Waals surface area contributed by atoms with Gasteiger partial charge in [0.05, 0.1) is 15.1 Å². The molecule has 0 aliphatic carbocycles. The van der Waals surface area contributed by atoms with Gasteiger partial charge in [0, 0.05) is 12.1 Å². The smallest absolute Gasteiger partial charge is 0.271 e. The molecule has 0 saturated carbocycles. The summed E-state index contributed by atoms with van der Waals surface area (Å²) in [6.45, 7) is 0. The first-order chi connectivity index (χ1) is 8.97. The summed E-state index contributed by atoms with van der Waals surface area (Å²) in [5.41, 5.74) is 5.68. The highest BCUT2D eigenvalue weighted by atomic mass is 79.9. The van der Waals surface area contributed by atoms with Gasteiger partial charge in [-0.3, -0.25) is 10.1 Å². The summed E-state index contributed by atoms with van der Waals surface area (Å²) in [4.78, 5) is 10.0.